The highest BCUT2D eigenvalue weighted by molar-refractivity contribution is 5.58. The van der Waals surface area contributed by atoms with Crippen LogP contribution in [0.4, 0.5) is 5.69 Å². The summed E-state index contributed by atoms with van der Waals surface area (Å²) >= 11 is 0. The Morgan fingerprint density at radius 1 is 1.17 bits per heavy atom. The van der Waals surface area contributed by atoms with E-state index in [1.807, 2.05) is 13.8 Å². The summed E-state index contributed by atoms with van der Waals surface area (Å²) in [6.07, 6.45) is 7.82. The highest BCUT2D eigenvalue weighted by atomic mass is 15.1. The summed E-state index contributed by atoms with van der Waals surface area (Å²) < 4.78 is 0. The molecule has 2 heterocycles. The average molecular weight is 332 g/mol. The highest BCUT2D eigenvalue weighted by Crippen LogP contribution is 2.30. The van der Waals surface area contributed by atoms with Crippen LogP contribution in [0.3, 0.4) is 0 Å². The van der Waals surface area contributed by atoms with Crippen LogP contribution in [-0.4, -0.2) is 32.2 Å². The van der Waals surface area contributed by atoms with Crippen LogP contribution in [0.5, 0.6) is 0 Å². The Morgan fingerprint density at radius 2 is 1.96 bits per heavy atom. The van der Waals surface area contributed by atoms with Gasteiger partial charge in [0.1, 0.15) is 0 Å². The van der Waals surface area contributed by atoms with Gasteiger partial charge in [0.05, 0.1) is 0 Å². The van der Waals surface area contributed by atoms with E-state index in [0.717, 1.165) is 19.6 Å². The van der Waals surface area contributed by atoms with Gasteiger partial charge in [-0.15, -0.1) is 0 Å². The topological polar surface area (TPSA) is 27.3 Å². The first-order valence-corrected chi connectivity index (χ1v) is 10.2. The third-order valence-electron chi connectivity index (χ3n) is 5.07. The quantitative estimate of drug-likeness (QED) is 0.768. The van der Waals surface area contributed by atoms with Crippen molar-refractivity contribution in [3.8, 4) is 0 Å². The first-order valence-electron chi connectivity index (χ1n) is 10.2. The number of benzene rings is 1. The van der Waals surface area contributed by atoms with Crippen molar-refractivity contribution in [2.45, 2.75) is 71.9 Å². The van der Waals surface area contributed by atoms with Crippen LogP contribution in [0, 0.1) is 0 Å². The molecule has 1 aromatic rings. The van der Waals surface area contributed by atoms with Gasteiger partial charge in [-0.05, 0) is 55.8 Å². The van der Waals surface area contributed by atoms with Gasteiger partial charge in [0.25, 0.3) is 0 Å². The fraction of sp³-hybridized carbons (Fsp3) is 0.714. The van der Waals surface area contributed by atoms with E-state index in [9.17, 15) is 0 Å². The third-order valence-corrected chi connectivity index (χ3v) is 5.07. The van der Waals surface area contributed by atoms with Crippen molar-refractivity contribution in [1.29, 1.82) is 0 Å². The Kier molecular flexibility index (Phi) is 8.62. The van der Waals surface area contributed by atoms with E-state index < -0.39 is 0 Å². The summed E-state index contributed by atoms with van der Waals surface area (Å²) in [7, 11) is 0. The van der Waals surface area contributed by atoms with E-state index in [0.29, 0.717) is 6.04 Å². The SMILES string of the molecule is CC.CCCCNC[C@H]1Cc2c(cccc2N2CCCCC2)CN1. The minimum absolute atomic E-state index is 0.579. The molecule has 1 aromatic carbocycles. The zero-order chi connectivity index (χ0) is 17.2. The molecule has 0 bridgehead atoms. The van der Waals surface area contributed by atoms with Crippen molar-refractivity contribution in [3.63, 3.8) is 0 Å². The van der Waals surface area contributed by atoms with Gasteiger partial charge in [0.15, 0.2) is 0 Å². The molecule has 2 N–H and O–H groups in total. The van der Waals surface area contributed by atoms with Gasteiger partial charge in [-0.3, -0.25) is 0 Å². The summed E-state index contributed by atoms with van der Waals surface area (Å²) in [5.74, 6) is 0. The van der Waals surface area contributed by atoms with Gasteiger partial charge in [-0.2, -0.15) is 0 Å². The molecule has 24 heavy (non-hydrogen) atoms. The van der Waals surface area contributed by atoms with E-state index >= 15 is 0 Å². The molecular formula is C21H37N3. The van der Waals surface area contributed by atoms with Gasteiger partial charge in [0.2, 0.25) is 0 Å². The molecule has 1 saturated heterocycles. The van der Waals surface area contributed by atoms with Gasteiger partial charge < -0.3 is 15.5 Å². The maximum absolute atomic E-state index is 3.70. The Morgan fingerprint density at radius 3 is 2.71 bits per heavy atom. The zero-order valence-electron chi connectivity index (χ0n) is 16.0. The minimum atomic E-state index is 0.579. The molecule has 3 nitrogen and oxygen atoms in total. The van der Waals surface area contributed by atoms with Crippen LogP contribution in [-0.2, 0) is 13.0 Å². The first-order chi connectivity index (χ1) is 11.9. The van der Waals surface area contributed by atoms with Crippen LogP contribution in [0.25, 0.3) is 0 Å². The number of piperidine rings is 1. The lowest BCUT2D eigenvalue weighted by atomic mass is 9.93. The van der Waals surface area contributed by atoms with Crippen molar-refractivity contribution in [2.24, 2.45) is 0 Å². The summed E-state index contributed by atoms with van der Waals surface area (Å²) in [6.45, 7) is 12.0. The Hall–Kier alpha value is -1.06. The zero-order valence-corrected chi connectivity index (χ0v) is 16.0. The Bertz CT molecular complexity index is 466. The fourth-order valence-electron chi connectivity index (χ4n) is 3.75. The van der Waals surface area contributed by atoms with Crippen LogP contribution < -0.4 is 15.5 Å². The van der Waals surface area contributed by atoms with Gasteiger partial charge >= 0.3 is 0 Å². The van der Waals surface area contributed by atoms with Crippen molar-refractivity contribution in [3.05, 3.63) is 29.3 Å². The number of hydrogen-bond acceptors (Lipinski definition) is 3. The molecule has 0 aliphatic carbocycles. The summed E-state index contributed by atoms with van der Waals surface area (Å²) in [4.78, 5) is 2.62. The minimum Gasteiger partial charge on any atom is -0.371 e. The largest absolute Gasteiger partial charge is 0.371 e. The molecular weight excluding hydrogens is 294 g/mol. The number of rotatable bonds is 6. The Labute approximate surface area is 149 Å². The molecule has 0 spiro atoms. The summed E-state index contributed by atoms with van der Waals surface area (Å²) in [5, 5.41) is 7.31. The molecule has 2 aliphatic heterocycles. The molecule has 0 unspecified atom stereocenters. The number of nitrogens with zero attached hydrogens (tertiary/aromatic N) is 1. The summed E-state index contributed by atoms with van der Waals surface area (Å²) in [5.41, 5.74) is 4.62. The number of unbranched alkanes of at least 4 members (excludes halogenated alkanes) is 1. The van der Waals surface area contributed by atoms with Crippen molar-refractivity contribution < 1.29 is 0 Å². The second kappa shape index (κ2) is 10.7. The maximum atomic E-state index is 3.70. The molecule has 0 radical (unpaired) electrons. The van der Waals surface area contributed by atoms with E-state index in [4.69, 9.17) is 0 Å². The molecule has 1 atom stereocenters. The van der Waals surface area contributed by atoms with Gasteiger partial charge in [-0.1, -0.05) is 39.3 Å². The number of nitrogens with one attached hydrogen (secondary N) is 2. The summed E-state index contributed by atoms with van der Waals surface area (Å²) in [6, 6.07) is 7.47. The highest BCUT2D eigenvalue weighted by Gasteiger charge is 2.23. The monoisotopic (exact) mass is 331 g/mol. The van der Waals surface area contributed by atoms with Crippen LogP contribution in [0.15, 0.2) is 18.2 Å². The number of fused-ring (bicyclic) bond motifs is 1. The lowest BCUT2D eigenvalue weighted by molar-refractivity contribution is 0.444. The second-order valence-electron chi connectivity index (χ2n) is 6.80. The molecule has 2 aliphatic rings. The molecule has 1 fully saturated rings. The van der Waals surface area contributed by atoms with E-state index in [1.54, 1.807) is 5.56 Å². The van der Waals surface area contributed by atoms with E-state index in [2.05, 4.69) is 40.7 Å². The molecule has 136 valence electrons. The third kappa shape index (κ3) is 5.22. The van der Waals surface area contributed by atoms with Crippen molar-refractivity contribution in [1.82, 2.24) is 10.6 Å². The number of anilines is 1. The first kappa shape index (κ1) is 19.3. The number of hydrogen-bond donors (Lipinski definition) is 2. The van der Waals surface area contributed by atoms with Gasteiger partial charge in [0, 0.05) is 37.9 Å². The van der Waals surface area contributed by atoms with Crippen LogP contribution in [0.1, 0.15) is 64.0 Å². The molecule has 3 heteroatoms. The van der Waals surface area contributed by atoms with E-state index in [-0.39, 0.29) is 0 Å². The normalized spacial score (nSPS) is 20.1. The van der Waals surface area contributed by atoms with Crippen LogP contribution in [0.2, 0.25) is 0 Å². The molecule has 0 aromatic heterocycles. The predicted molar refractivity (Wildman–Crippen MR) is 106 cm³/mol. The van der Waals surface area contributed by atoms with Crippen molar-refractivity contribution >= 4 is 5.69 Å². The molecule has 0 saturated carbocycles. The smallest absolute Gasteiger partial charge is 0.0402 e. The predicted octanol–water partition coefficient (Wildman–Crippen LogP) is 4.11. The van der Waals surface area contributed by atoms with Crippen LogP contribution >= 0.6 is 0 Å². The Balaban J connectivity index is 0.00000100. The van der Waals surface area contributed by atoms with Crippen molar-refractivity contribution in [2.75, 3.05) is 31.1 Å². The molecule has 3 rings (SSSR count). The van der Waals surface area contributed by atoms with E-state index in [1.165, 1.54) is 62.9 Å². The van der Waals surface area contributed by atoms with Gasteiger partial charge in [-0.25, -0.2) is 0 Å². The average Bonchev–Trinajstić information content (AvgIpc) is 2.67. The lowest BCUT2D eigenvalue weighted by Crippen LogP contribution is -2.44. The standard InChI is InChI=1S/C19H31N3.C2H6/c1-2-3-10-20-15-17-13-18-16(14-21-17)8-7-9-19(18)22-11-5-4-6-12-22;1-2/h7-9,17,20-21H,2-6,10-15H2,1H3;1-2H3/t17-;/m1./s1. The lowest BCUT2D eigenvalue weighted by Gasteiger charge is -2.35. The maximum Gasteiger partial charge on any atom is 0.0402 e. The molecule has 0 amide bonds. The second-order valence-corrected chi connectivity index (χ2v) is 6.80. The fourth-order valence-corrected chi connectivity index (χ4v) is 3.75.